The fourth-order valence-electron chi connectivity index (χ4n) is 2.23. The number of carbonyl (C=O) groups excluding carboxylic acids is 1. The Balaban J connectivity index is 1.61. The van der Waals surface area contributed by atoms with Gasteiger partial charge in [0.05, 0.1) is 5.75 Å². The van der Waals surface area contributed by atoms with E-state index in [0.29, 0.717) is 29.3 Å². The summed E-state index contributed by atoms with van der Waals surface area (Å²) in [7, 11) is 0. The Morgan fingerprint density at radius 2 is 2.32 bits per heavy atom. The normalized spacial score (nSPS) is 14.0. The number of amides is 1. The van der Waals surface area contributed by atoms with Gasteiger partial charge in [-0.15, -0.1) is 0 Å². The summed E-state index contributed by atoms with van der Waals surface area (Å²) in [6.45, 7) is 2.57. The maximum Gasteiger partial charge on any atom is 0.233 e. The van der Waals surface area contributed by atoms with Crippen LogP contribution in [-0.4, -0.2) is 32.6 Å². The van der Waals surface area contributed by atoms with Crippen molar-refractivity contribution in [1.29, 1.82) is 0 Å². The molecule has 2 aromatic rings. The van der Waals surface area contributed by atoms with E-state index >= 15 is 0 Å². The molecule has 0 radical (unpaired) electrons. The van der Waals surface area contributed by atoms with E-state index in [0.717, 1.165) is 18.5 Å². The van der Waals surface area contributed by atoms with Crippen LogP contribution in [0.15, 0.2) is 28.0 Å². The Morgan fingerprint density at radius 3 is 2.95 bits per heavy atom. The average Bonchev–Trinajstić information content (AvgIpc) is 3.18. The number of hydrogen-bond acceptors (Lipinski definition) is 6. The Hall–Kier alpha value is -1.60. The summed E-state index contributed by atoms with van der Waals surface area (Å²) in [6.07, 6.45) is 2.21. The van der Waals surface area contributed by atoms with Crippen molar-refractivity contribution in [3.63, 3.8) is 0 Å². The molecule has 2 aromatic heterocycles. The maximum absolute atomic E-state index is 12.5. The van der Waals surface area contributed by atoms with Gasteiger partial charge in [0.2, 0.25) is 5.91 Å². The molecule has 0 aromatic carbocycles. The predicted octanol–water partition coefficient (Wildman–Crippen LogP) is 2.71. The number of anilines is 1. The monoisotopic (exact) mass is 334 g/mol. The lowest BCUT2D eigenvalue weighted by Gasteiger charge is -2.21. The molecule has 0 bridgehead atoms. The smallest absolute Gasteiger partial charge is 0.233 e. The molecule has 1 aliphatic rings. The van der Waals surface area contributed by atoms with Crippen LogP contribution in [-0.2, 0) is 11.3 Å². The summed E-state index contributed by atoms with van der Waals surface area (Å²) in [5, 5.41) is 4.71. The molecule has 0 saturated heterocycles. The molecule has 2 heterocycles. The van der Waals surface area contributed by atoms with Crippen molar-refractivity contribution < 1.29 is 4.79 Å². The minimum absolute atomic E-state index is 0.141. The molecule has 116 valence electrons. The lowest BCUT2D eigenvalue weighted by atomic mass is 10.3. The van der Waals surface area contributed by atoms with Crippen LogP contribution in [0.2, 0.25) is 0 Å². The second-order valence-corrected chi connectivity index (χ2v) is 7.11. The summed E-state index contributed by atoms with van der Waals surface area (Å²) in [5.74, 6) is 0.936. The van der Waals surface area contributed by atoms with Crippen LogP contribution in [0.5, 0.6) is 0 Å². The summed E-state index contributed by atoms with van der Waals surface area (Å²) in [5.41, 5.74) is 7.74. The highest BCUT2D eigenvalue weighted by Gasteiger charge is 2.32. The molecule has 0 unspecified atom stereocenters. The number of aryl methyl sites for hydroxylation is 1. The number of nitrogen functional groups attached to an aromatic ring is 1. The number of thioether (sulfide) groups is 1. The first-order valence-corrected chi connectivity index (χ1v) is 9.09. The Bertz CT molecular complexity index is 635. The fraction of sp³-hybridized carbons (Fsp3) is 0.400. The van der Waals surface area contributed by atoms with E-state index in [-0.39, 0.29) is 5.91 Å². The second-order valence-electron chi connectivity index (χ2n) is 5.39. The third-order valence-electron chi connectivity index (χ3n) is 3.42. The summed E-state index contributed by atoms with van der Waals surface area (Å²) in [6, 6.07) is 4.19. The first-order chi connectivity index (χ1) is 10.6. The number of carbonyl (C=O) groups is 1. The molecule has 5 nitrogen and oxygen atoms in total. The molecule has 1 saturated carbocycles. The maximum atomic E-state index is 12.5. The highest BCUT2D eigenvalue weighted by molar-refractivity contribution is 7.99. The van der Waals surface area contributed by atoms with E-state index in [1.54, 1.807) is 17.4 Å². The number of rotatable bonds is 6. The van der Waals surface area contributed by atoms with Crippen LogP contribution < -0.4 is 5.73 Å². The molecule has 3 rings (SSSR count). The topological polar surface area (TPSA) is 72.1 Å². The lowest BCUT2D eigenvalue weighted by Crippen LogP contribution is -2.33. The molecule has 0 aliphatic heterocycles. The van der Waals surface area contributed by atoms with Crippen LogP contribution >= 0.6 is 23.1 Å². The van der Waals surface area contributed by atoms with E-state index in [1.807, 2.05) is 17.2 Å². The molecule has 1 aliphatic carbocycles. The van der Waals surface area contributed by atoms with Crippen molar-refractivity contribution in [2.24, 2.45) is 0 Å². The fourth-order valence-corrected chi connectivity index (χ4v) is 3.68. The van der Waals surface area contributed by atoms with Crippen LogP contribution in [0, 0.1) is 6.92 Å². The standard InChI is InChI=1S/C15H18N4OS2/c1-10-6-13(16)18-15(17-10)22-9-14(20)19(12-2-3-12)7-11-4-5-21-8-11/h4-6,8,12H,2-3,7,9H2,1H3,(H2,16,17,18). The summed E-state index contributed by atoms with van der Waals surface area (Å²) >= 11 is 3.01. The molecular weight excluding hydrogens is 316 g/mol. The van der Waals surface area contributed by atoms with Crippen LogP contribution in [0.4, 0.5) is 5.82 Å². The van der Waals surface area contributed by atoms with Crippen molar-refractivity contribution in [2.75, 3.05) is 11.5 Å². The van der Waals surface area contributed by atoms with Gasteiger partial charge in [-0.3, -0.25) is 4.79 Å². The van der Waals surface area contributed by atoms with Crippen molar-refractivity contribution in [1.82, 2.24) is 14.9 Å². The molecule has 7 heteroatoms. The van der Waals surface area contributed by atoms with Crippen molar-refractivity contribution >= 4 is 34.8 Å². The minimum Gasteiger partial charge on any atom is -0.384 e. The summed E-state index contributed by atoms with van der Waals surface area (Å²) in [4.78, 5) is 23.0. The number of aromatic nitrogens is 2. The van der Waals surface area contributed by atoms with Gasteiger partial charge < -0.3 is 10.6 Å². The minimum atomic E-state index is 0.141. The Kier molecular flexibility index (Phi) is 4.63. The third-order valence-corrected chi connectivity index (χ3v) is 4.98. The zero-order valence-electron chi connectivity index (χ0n) is 12.4. The van der Waals surface area contributed by atoms with Crippen molar-refractivity contribution in [3.05, 3.63) is 34.2 Å². The first kappa shape index (κ1) is 15.3. The molecule has 0 atom stereocenters. The Morgan fingerprint density at radius 1 is 1.50 bits per heavy atom. The van der Waals surface area contributed by atoms with E-state index < -0.39 is 0 Å². The zero-order valence-corrected chi connectivity index (χ0v) is 14.0. The van der Waals surface area contributed by atoms with Crippen LogP contribution in [0.3, 0.4) is 0 Å². The highest BCUT2D eigenvalue weighted by Crippen LogP contribution is 2.30. The summed E-state index contributed by atoms with van der Waals surface area (Å²) < 4.78 is 0. The zero-order chi connectivity index (χ0) is 15.5. The number of nitrogens with zero attached hydrogens (tertiary/aromatic N) is 3. The highest BCUT2D eigenvalue weighted by atomic mass is 32.2. The molecule has 1 amide bonds. The third kappa shape index (κ3) is 3.98. The van der Waals surface area contributed by atoms with Crippen molar-refractivity contribution in [2.45, 2.75) is 37.5 Å². The van der Waals surface area contributed by atoms with E-state index in [4.69, 9.17) is 5.73 Å². The SMILES string of the molecule is Cc1cc(N)nc(SCC(=O)N(Cc2ccsc2)C2CC2)n1. The second kappa shape index (κ2) is 6.66. The van der Waals surface area contributed by atoms with Gasteiger partial charge in [-0.25, -0.2) is 9.97 Å². The largest absolute Gasteiger partial charge is 0.384 e. The number of thiophene rings is 1. The van der Waals surface area contributed by atoms with Gasteiger partial charge in [0.15, 0.2) is 5.16 Å². The molecule has 1 fully saturated rings. The quantitative estimate of drug-likeness (QED) is 0.649. The lowest BCUT2D eigenvalue weighted by molar-refractivity contribution is -0.129. The molecule has 0 spiro atoms. The van der Waals surface area contributed by atoms with Gasteiger partial charge in [-0.2, -0.15) is 11.3 Å². The van der Waals surface area contributed by atoms with Crippen LogP contribution in [0.1, 0.15) is 24.1 Å². The molecule has 2 N–H and O–H groups in total. The predicted molar refractivity (Wildman–Crippen MR) is 89.8 cm³/mol. The molecule has 22 heavy (non-hydrogen) atoms. The van der Waals surface area contributed by atoms with Gasteiger partial charge in [0.1, 0.15) is 5.82 Å². The van der Waals surface area contributed by atoms with Gasteiger partial charge in [0.25, 0.3) is 0 Å². The van der Waals surface area contributed by atoms with E-state index in [1.165, 1.54) is 17.3 Å². The average molecular weight is 334 g/mol. The van der Waals surface area contributed by atoms with Crippen molar-refractivity contribution in [3.8, 4) is 0 Å². The first-order valence-electron chi connectivity index (χ1n) is 7.16. The number of nitrogens with two attached hydrogens (primary N) is 1. The van der Waals surface area contributed by atoms with Gasteiger partial charge in [-0.05, 0) is 42.2 Å². The molecular formula is C15H18N4OS2. The van der Waals surface area contributed by atoms with Gasteiger partial charge >= 0.3 is 0 Å². The van der Waals surface area contributed by atoms with Gasteiger partial charge in [0, 0.05) is 24.3 Å². The Labute approximate surface area is 138 Å². The van der Waals surface area contributed by atoms with Gasteiger partial charge in [-0.1, -0.05) is 11.8 Å². The van der Waals surface area contributed by atoms with E-state index in [9.17, 15) is 4.79 Å². The van der Waals surface area contributed by atoms with Crippen LogP contribution in [0.25, 0.3) is 0 Å². The number of hydrogen-bond donors (Lipinski definition) is 1. The van der Waals surface area contributed by atoms with E-state index in [2.05, 4.69) is 21.4 Å².